The zero-order chi connectivity index (χ0) is 33.4. The van der Waals surface area contributed by atoms with Crippen LogP contribution in [0.1, 0.15) is 51.3 Å². The lowest BCUT2D eigenvalue weighted by Crippen LogP contribution is -2.35. The van der Waals surface area contributed by atoms with Crippen molar-refractivity contribution >= 4 is 28.9 Å². The van der Waals surface area contributed by atoms with Gasteiger partial charge in [-0.2, -0.15) is 0 Å². The number of esters is 1. The molecule has 1 heterocycles. The first kappa shape index (κ1) is 34.4. The highest BCUT2D eigenvalue weighted by molar-refractivity contribution is 6.30. The maximum absolute atomic E-state index is 13.9. The van der Waals surface area contributed by atoms with Crippen molar-refractivity contribution in [2.75, 3.05) is 18.5 Å². The maximum Gasteiger partial charge on any atom is 0.345 e. The number of nitrogens with zero attached hydrogens (tertiary/aromatic N) is 3. The van der Waals surface area contributed by atoms with E-state index in [1.54, 1.807) is 23.6 Å². The number of rotatable bonds is 14. The molecule has 0 fully saturated rings. The monoisotopic (exact) mass is 649 g/mol. The fourth-order valence-electron chi connectivity index (χ4n) is 4.89. The molecule has 4 aromatic rings. The average Bonchev–Trinajstić information content (AvgIpc) is 3.27. The van der Waals surface area contributed by atoms with E-state index in [9.17, 15) is 9.59 Å². The predicted octanol–water partition coefficient (Wildman–Crippen LogP) is 6.39. The number of carbonyl (C=O) groups is 1. The molecule has 2 N–H and O–H groups in total. The Morgan fingerprint density at radius 1 is 0.935 bits per heavy atom. The Morgan fingerprint density at radius 3 is 2.15 bits per heavy atom. The average molecular weight is 650 g/mol. The van der Waals surface area contributed by atoms with E-state index in [2.05, 4.69) is 10.4 Å². The van der Waals surface area contributed by atoms with Gasteiger partial charge in [-0.25, -0.2) is 14.5 Å². The molecule has 4 rings (SSSR count). The highest BCUT2D eigenvalue weighted by Gasteiger charge is 2.23. The van der Waals surface area contributed by atoms with E-state index in [0.29, 0.717) is 16.3 Å². The summed E-state index contributed by atoms with van der Waals surface area (Å²) >= 11 is 6.11. The van der Waals surface area contributed by atoms with Gasteiger partial charge in [0.15, 0.2) is 0 Å². The second-order valence-corrected chi connectivity index (χ2v) is 12.2. The Labute approximate surface area is 275 Å². The van der Waals surface area contributed by atoms with Crippen LogP contribution in [0, 0.1) is 19.8 Å². The first-order valence-corrected chi connectivity index (χ1v) is 15.9. The number of anilines is 1. The van der Waals surface area contributed by atoms with Crippen molar-refractivity contribution < 1.29 is 19.0 Å². The summed E-state index contributed by atoms with van der Waals surface area (Å²) in [5.41, 5.74) is 4.24. The molecular weight excluding hydrogens is 606 g/mol. The zero-order valence-electron chi connectivity index (χ0n) is 27.6. The van der Waals surface area contributed by atoms with Gasteiger partial charge in [-0.05, 0) is 114 Å². The quantitative estimate of drug-likeness (QED) is 0.153. The van der Waals surface area contributed by atoms with Gasteiger partial charge >= 0.3 is 11.7 Å². The van der Waals surface area contributed by atoms with E-state index < -0.39 is 11.9 Å². The molecule has 0 radical (unpaired) electrons. The fourth-order valence-corrected chi connectivity index (χ4v) is 5.02. The van der Waals surface area contributed by atoms with Gasteiger partial charge in [-0.1, -0.05) is 23.7 Å². The minimum Gasteiger partial charge on any atom is -0.491 e. The third-order valence-electron chi connectivity index (χ3n) is 7.08. The molecule has 11 heteroatoms. The van der Waals surface area contributed by atoms with E-state index in [1.807, 2.05) is 90.1 Å². The summed E-state index contributed by atoms with van der Waals surface area (Å²) in [7, 11) is 0. The summed E-state index contributed by atoms with van der Waals surface area (Å²) in [5, 5.41) is 7.09. The van der Waals surface area contributed by atoms with Crippen LogP contribution in [-0.2, 0) is 22.6 Å². The predicted molar refractivity (Wildman–Crippen MR) is 181 cm³/mol. The molecule has 3 aromatic carbocycles. The second-order valence-electron chi connectivity index (χ2n) is 11.7. The summed E-state index contributed by atoms with van der Waals surface area (Å²) in [5.74, 6) is 0.497. The van der Waals surface area contributed by atoms with Crippen molar-refractivity contribution in [1.29, 1.82) is 0 Å². The smallest absolute Gasteiger partial charge is 0.345 e. The van der Waals surface area contributed by atoms with Crippen molar-refractivity contribution in [2.45, 2.75) is 73.8 Å². The number of carbonyl (C=O) groups excluding carboxylic acids is 1. The molecule has 0 aliphatic heterocycles. The number of H-pyrrole nitrogens is 1. The highest BCUT2D eigenvalue weighted by Crippen LogP contribution is 2.25. The van der Waals surface area contributed by atoms with Gasteiger partial charge in [-0.3, -0.25) is 14.5 Å². The number of ether oxygens (including phenoxy) is 3. The standard InChI is InChI=1S/C35H44ClN5O5/c1-8-44-33(42)27(19-37-29-13-15-31(24(6)17-29)45-22(2)3)21-41-35(43)40(20-26-9-11-28(36)12-10-26)34(39-41)38-30-14-16-32(25(7)18-30)46-23(4)5/h9-18,22-23,27,37H,8,19-21H2,1-7H3,(H,38,39). The summed E-state index contributed by atoms with van der Waals surface area (Å²) < 4.78 is 20.1. The first-order valence-electron chi connectivity index (χ1n) is 15.6. The molecule has 1 aromatic heterocycles. The van der Waals surface area contributed by atoms with Gasteiger partial charge in [0, 0.05) is 17.3 Å². The summed E-state index contributed by atoms with van der Waals surface area (Å²) in [4.78, 5) is 31.8. The van der Waals surface area contributed by atoms with Crippen LogP contribution in [0.5, 0.6) is 11.5 Å². The molecule has 246 valence electrons. The van der Waals surface area contributed by atoms with Crippen LogP contribution in [0.15, 0.2) is 70.5 Å². The van der Waals surface area contributed by atoms with Gasteiger partial charge in [0.05, 0.1) is 43.5 Å². The molecule has 0 aliphatic carbocycles. The maximum atomic E-state index is 13.9. The van der Waals surface area contributed by atoms with Crippen LogP contribution in [0.3, 0.4) is 0 Å². The van der Waals surface area contributed by atoms with E-state index in [-0.39, 0.29) is 44.1 Å². The molecule has 46 heavy (non-hydrogen) atoms. The molecule has 10 nitrogen and oxygen atoms in total. The molecule has 1 unspecified atom stereocenters. The van der Waals surface area contributed by atoms with Crippen molar-refractivity contribution in [3.63, 3.8) is 0 Å². The molecular formula is C35H44ClN5O5. The van der Waals surface area contributed by atoms with Crippen molar-refractivity contribution in [2.24, 2.45) is 10.9 Å². The Balaban J connectivity index is 1.67. The number of benzene rings is 3. The summed E-state index contributed by atoms with van der Waals surface area (Å²) in [6.07, 6.45) is 0.101. The summed E-state index contributed by atoms with van der Waals surface area (Å²) in [6, 6.07) is 18.7. The lowest BCUT2D eigenvalue weighted by Gasteiger charge is -2.18. The minimum atomic E-state index is -0.672. The molecule has 0 saturated carbocycles. The molecule has 1 atom stereocenters. The number of aryl methyl sites for hydroxylation is 2. The Kier molecular flexibility index (Phi) is 11.8. The van der Waals surface area contributed by atoms with Gasteiger partial charge in [0.25, 0.3) is 0 Å². The van der Waals surface area contributed by atoms with Crippen molar-refractivity contribution in [3.05, 3.63) is 98.5 Å². The lowest BCUT2D eigenvalue weighted by atomic mass is 10.1. The Hall–Kier alpha value is -4.44. The number of nitrogens with one attached hydrogen (secondary N) is 2. The SMILES string of the molecule is CCOC(=O)C(CNc1ccc(OC(C)C)c(C)c1)Cn1[nH]/c(=N\c2ccc(OC(C)C)c(C)c2)n(Cc2ccc(Cl)cc2)c1=O. The molecule has 0 spiro atoms. The van der Waals surface area contributed by atoms with Crippen LogP contribution in [0.2, 0.25) is 5.02 Å². The van der Waals surface area contributed by atoms with Gasteiger partial charge in [0.2, 0.25) is 5.62 Å². The zero-order valence-corrected chi connectivity index (χ0v) is 28.4. The Bertz CT molecular complexity index is 1750. The Morgan fingerprint density at radius 2 is 1.57 bits per heavy atom. The van der Waals surface area contributed by atoms with Crippen LogP contribution in [0.25, 0.3) is 0 Å². The van der Waals surface area contributed by atoms with Crippen LogP contribution >= 0.6 is 11.6 Å². The third-order valence-corrected chi connectivity index (χ3v) is 7.33. The van der Waals surface area contributed by atoms with E-state index >= 15 is 0 Å². The van der Waals surface area contributed by atoms with Gasteiger partial charge in [0.1, 0.15) is 11.5 Å². The van der Waals surface area contributed by atoms with E-state index in [0.717, 1.165) is 33.9 Å². The topological polar surface area (TPSA) is 112 Å². The molecule has 0 bridgehead atoms. The van der Waals surface area contributed by atoms with Gasteiger partial charge in [-0.15, -0.1) is 0 Å². The molecule has 0 amide bonds. The largest absolute Gasteiger partial charge is 0.491 e. The highest BCUT2D eigenvalue weighted by atomic mass is 35.5. The van der Waals surface area contributed by atoms with Crippen molar-refractivity contribution in [1.82, 2.24) is 14.3 Å². The summed E-state index contributed by atoms with van der Waals surface area (Å²) in [6.45, 7) is 14.4. The number of aromatic nitrogens is 3. The number of hydrogen-bond donors (Lipinski definition) is 2. The van der Waals surface area contributed by atoms with E-state index in [1.165, 1.54) is 4.68 Å². The van der Waals surface area contributed by atoms with Crippen LogP contribution < -0.4 is 26.1 Å². The van der Waals surface area contributed by atoms with Crippen LogP contribution in [0.4, 0.5) is 11.4 Å². The minimum absolute atomic E-state index is 0.0394. The number of hydrogen-bond acceptors (Lipinski definition) is 7. The second kappa shape index (κ2) is 15.7. The number of halogens is 1. The lowest BCUT2D eigenvalue weighted by molar-refractivity contribution is -0.148. The molecule has 0 aliphatic rings. The first-order chi connectivity index (χ1) is 21.9. The number of aromatic amines is 1. The van der Waals surface area contributed by atoms with Crippen LogP contribution in [-0.4, -0.2) is 45.7 Å². The van der Waals surface area contributed by atoms with Crippen molar-refractivity contribution in [3.8, 4) is 11.5 Å². The normalized spacial score (nSPS) is 12.4. The van der Waals surface area contributed by atoms with E-state index in [4.69, 9.17) is 30.8 Å². The molecule has 0 saturated heterocycles. The third kappa shape index (κ3) is 9.29. The fraction of sp³-hybridized carbons (Fsp3) is 0.400. The van der Waals surface area contributed by atoms with Gasteiger partial charge < -0.3 is 19.5 Å².